The van der Waals surface area contributed by atoms with Gasteiger partial charge in [-0.15, -0.1) is 11.3 Å². The van der Waals surface area contributed by atoms with Crippen LogP contribution >= 0.6 is 22.9 Å². The number of aromatic nitrogens is 2. The highest BCUT2D eigenvalue weighted by atomic mass is 32.1. The van der Waals surface area contributed by atoms with E-state index >= 15 is 0 Å². The molecule has 0 aliphatic heterocycles. The molecule has 1 fully saturated rings. The van der Waals surface area contributed by atoms with Gasteiger partial charge in [-0.25, -0.2) is 0 Å². The van der Waals surface area contributed by atoms with E-state index < -0.39 is 17.9 Å². The summed E-state index contributed by atoms with van der Waals surface area (Å²) in [5, 5.41) is 5.94. The SMILES string of the molecule is NC(=O)c1nsc(C(=O)N(Cc2cccs2)[C@@H](C(=O)NC2CCCC2)c2ccc3ncccc3c2)c1N. The number of rotatable bonds is 8. The van der Waals surface area contributed by atoms with E-state index in [1.165, 1.54) is 16.2 Å². The lowest BCUT2D eigenvalue weighted by molar-refractivity contribution is -0.126. The Morgan fingerprint density at radius 3 is 2.65 bits per heavy atom. The molecule has 0 unspecified atom stereocenters. The fourth-order valence-electron chi connectivity index (χ4n) is 4.70. The maximum Gasteiger partial charge on any atom is 0.270 e. The van der Waals surface area contributed by atoms with Gasteiger partial charge in [-0.1, -0.05) is 31.0 Å². The first-order valence-electron chi connectivity index (χ1n) is 12.0. The Balaban J connectivity index is 1.61. The van der Waals surface area contributed by atoms with E-state index in [1.54, 1.807) is 6.20 Å². The molecule has 4 aromatic rings. The van der Waals surface area contributed by atoms with Gasteiger partial charge in [0.15, 0.2) is 5.69 Å². The smallest absolute Gasteiger partial charge is 0.270 e. The third-order valence-corrected chi connectivity index (χ3v) is 8.24. The second-order valence-electron chi connectivity index (χ2n) is 9.00. The molecule has 190 valence electrons. The van der Waals surface area contributed by atoms with E-state index in [1.807, 2.05) is 47.8 Å². The number of fused-ring (bicyclic) bond motifs is 1. The number of amides is 3. The Labute approximate surface area is 221 Å². The predicted molar refractivity (Wildman–Crippen MR) is 144 cm³/mol. The van der Waals surface area contributed by atoms with E-state index in [2.05, 4.69) is 14.7 Å². The van der Waals surface area contributed by atoms with Crippen LogP contribution in [0.15, 0.2) is 54.0 Å². The first-order valence-corrected chi connectivity index (χ1v) is 13.6. The van der Waals surface area contributed by atoms with Gasteiger partial charge in [-0.2, -0.15) is 4.37 Å². The van der Waals surface area contributed by atoms with Gasteiger partial charge in [0.1, 0.15) is 10.9 Å². The number of nitrogens with two attached hydrogens (primary N) is 2. The van der Waals surface area contributed by atoms with Gasteiger partial charge in [0.05, 0.1) is 17.7 Å². The van der Waals surface area contributed by atoms with Crippen molar-refractivity contribution in [1.82, 2.24) is 19.6 Å². The van der Waals surface area contributed by atoms with Crippen molar-refractivity contribution in [3.8, 4) is 0 Å². The number of thiophene rings is 1. The van der Waals surface area contributed by atoms with E-state index in [9.17, 15) is 14.4 Å². The first-order chi connectivity index (χ1) is 17.9. The van der Waals surface area contributed by atoms with E-state index in [0.717, 1.165) is 53.0 Å². The lowest BCUT2D eigenvalue weighted by Crippen LogP contribution is -2.45. The lowest BCUT2D eigenvalue weighted by atomic mass is 10.0. The van der Waals surface area contributed by atoms with E-state index in [-0.39, 0.29) is 34.8 Å². The van der Waals surface area contributed by atoms with Crippen molar-refractivity contribution in [3.05, 3.63) is 75.1 Å². The normalized spacial score (nSPS) is 14.5. The Hall–Kier alpha value is -3.83. The summed E-state index contributed by atoms with van der Waals surface area (Å²) >= 11 is 2.29. The molecule has 0 saturated heterocycles. The molecule has 1 aliphatic carbocycles. The summed E-state index contributed by atoms with van der Waals surface area (Å²) in [5.74, 6) is -1.57. The van der Waals surface area contributed by atoms with Crippen molar-refractivity contribution < 1.29 is 14.4 Å². The monoisotopic (exact) mass is 534 g/mol. The van der Waals surface area contributed by atoms with Gasteiger partial charge < -0.3 is 21.7 Å². The van der Waals surface area contributed by atoms with Crippen molar-refractivity contribution in [2.24, 2.45) is 5.73 Å². The summed E-state index contributed by atoms with van der Waals surface area (Å²) in [7, 11) is 0. The standard InChI is InChI=1S/C26H26N6O3S2/c27-20-21(24(28)33)31-37-23(20)26(35)32(14-18-8-4-12-36-18)22(25(34)30-17-6-1-2-7-17)16-9-10-19-15(13-16)5-3-11-29-19/h3-5,8-13,17,22H,1-2,6-7,14,27H2,(H2,28,33)(H,30,34)/t22-/m1/s1. The van der Waals surface area contributed by atoms with Crippen molar-refractivity contribution in [3.63, 3.8) is 0 Å². The molecule has 1 aromatic carbocycles. The van der Waals surface area contributed by atoms with Gasteiger partial charge >= 0.3 is 0 Å². The topological polar surface area (TPSA) is 144 Å². The minimum atomic E-state index is -0.946. The first kappa shape index (κ1) is 24.8. The van der Waals surface area contributed by atoms with Crippen molar-refractivity contribution in [2.75, 3.05) is 5.73 Å². The third kappa shape index (κ3) is 5.18. The van der Waals surface area contributed by atoms with Crippen molar-refractivity contribution in [1.29, 1.82) is 0 Å². The number of benzene rings is 1. The van der Waals surface area contributed by atoms with Crippen LogP contribution in [0.2, 0.25) is 0 Å². The number of pyridine rings is 1. The summed E-state index contributed by atoms with van der Waals surface area (Å²) in [5.41, 5.74) is 12.7. The second-order valence-corrected chi connectivity index (χ2v) is 10.8. The second kappa shape index (κ2) is 10.7. The number of nitrogen functional groups attached to an aromatic ring is 1. The Morgan fingerprint density at radius 1 is 1.14 bits per heavy atom. The maximum absolute atomic E-state index is 14.0. The van der Waals surface area contributed by atoms with Crippen LogP contribution < -0.4 is 16.8 Å². The van der Waals surface area contributed by atoms with Crippen LogP contribution in [0, 0.1) is 0 Å². The average Bonchev–Trinajstić information content (AvgIpc) is 3.66. The number of nitrogens with one attached hydrogen (secondary N) is 1. The molecule has 37 heavy (non-hydrogen) atoms. The summed E-state index contributed by atoms with van der Waals surface area (Å²) < 4.78 is 4.01. The lowest BCUT2D eigenvalue weighted by Gasteiger charge is -2.32. The zero-order valence-electron chi connectivity index (χ0n) is 19.9. The largest absolute Gasteiger partial charge is 0.395 e. The zero-order chi connectivity index (χ0) is 25.9. The number of hydrogen-bond donors (Lipinski definition) is 3. The highest BCUT2D eigenvalue weighted by Gasteiger charge is 2.36. The highest BCUT2D eigenvalue weighted by Crippen LogP contribution is 2.32. The Kier molecular flexibility index (Phi) is 7.15. The molecule has 0 bridgehead atoms. The molecule has 5 N–H and O–H groups in total. The van der Waals surface area contributed by atoms with Crippen LogP contribution in [-0.4, -0.2) is 38.0 Å². The van der Waals surface area contributed by atoms with Gasteiger partial charge in [0, 0.05) is 22.5 Å². The van der Waals surface area contributed by atoms with E-state index in [0.29, 0.717) is 5.56 Å². The molecule has 0 spiro atoms. The molecule has 0 radical (unpaired) electrons. The molecule has 3 heterocycles. The summed E-state index contributed by atoms with van der Waals surface area (Å²) in [6.07, 6.45) is 5.64. The summed E-state index contributed by atoms with van der Waals surface area (Å²) in [6, 6.07) is 12.2. The molecule has 3 amide bonds. The fraction of sp³-hybridized carbons (Fsp3) is 0.269. The molecule has 1 saturated carbocycles. The number of primary amides is 1. The predicted octanol–water partition coefficient (Wildman–Crippen LogP) is 3.88. The number of nitrogens with zero attached hydrogens (tertiary/aromatic N) is 3. The van der Waals surface area contributed by atoms with Crippen molar-refractivity contribution in [2.45, 2.75) is 44.3 Å². The number of hydrogen-bond acceptors (Lipinski definition) is 8. The molecular formula is C26H26N6O3S2. The third-order valence-electron chi connectivity index (χ3n) is 6.53. The number of anilines is 1. The minimum absolute atomic E-state index is 0.0609. The molecule has 3 aromatic heterocycles. The highest BCUT2D eigenvalue weighted by molar-refractivity contribution is 7.10. The fourth-order valence-corrected chi connectivity index (χ4v) is 6.16. The maximum atomic E-state index is 14.0. The van der Waals surface area contributed by atoms with Crippen LogP contribution in [0.5, 0.6) is 0 Å². The molecular weight excluding hydrogens is 508 g/mol. The van der Waals surface area contributed by atoms with Crippen molar-refractivity contribution >= 4 is 57.2 Å². The van der Waals surface area contributed by atoms with Crippen LogP contribution in [0.4, 0.5) is 5.69 Å². The van der Waals surface area contributed by atoms with Crippen LogP contribution in [0.25, 0.3) is 10.9 Å². The van der Waals surface area contributed by atoms with Gasteiger partial charge in [-0.3, -0.25) is 19.4 Å². The molecule has 9 nitrogen and oxygen atoms in total. The molecule has 1 aliphatic rings. The van der Waals surface area contributed by atoms with Crippen LogP contribution in [0.3, 0.4) is 0 Å². The Morgan fingerprint density at radius 2 is 1.95 bits per heavy atom. The molecule has 1 atom stereocenters. The number of carbonyl (C=O) groups is 3. The molecule has 5 rings (SSSR count). The van der Waals surface area contributed by atoms with E-state index in [4.69, 9.17) is 11.5 Å². The minimum Gasteiger partial charge on any atom is -0.395 e. The van der Waals surface area contributed by atoms with Crippen LogP contribution in [0.1, 0.15) is 62.3 Å². The summed E-state index contributed by atoms with van der Waals surface area (Å²) in [4.78, 5) is 46.5. The van der Waals surface area contributed by atoms with Gasteiger partial charge in [-0.05, 0) is 59.6 Å². The zero-order valence-corrected chi connectivity index (χ0v) is 21.6. The van der Waals surface area contributed by atoms with Gasteiger partial charge in [0.25, 0.3) is 11.8 Å². The number of carbonyl (C=O) groups excluding carboxylic acids is 3. The summed E-state index contributed by atoms with van der Waals surface area (Å²) in [6.45, 7) is 0.174. The Bertz CT molecular complexity index is 1450. The van der Waals surface area contributed by atoms with Crippen LogP contribution in [-0.2, 0) is 11.3 Å². The average molecular weight is 535 g/mol. The molecule has 11 heteroatoms. The van der Waals surface area contributed by atoms with Gasteiger partial charge in [0.2, 0.25) is 5.91 Å². The quantitative estimate of drug-likeness (QED) is 0.313.